The van der Waals surface area contributed by atoms with Crippen molar-refractivity contribution in [3.8, 4) is 0 Å². The van der Waals surface area contributed by atoms with Crippen molar-refractivity contribution in [1.29, 1.82) is 0 Å². The van der Waals surface area contributed by atoms with Gasteiger partial charge >= 0.3 is 0 Å². The van der Waals surface area contributed by atoms with Crippen LogP contribution < -0.4 is 5.32 Å². The molecule has 100 valence electrons. The van der Waals surface area contributed by atoms with Crippen molar-refractivity contribution in [2.24, 2.45) is 0 Å². The first kappa shape index (κ1) is 14.3. The first-order valence-electron chi connectivity index (χ1n) is 6.70. The van der Waals surface area contributed by atoms with Gasteiger partial charge in [0.25, 0.3) is 0 Å². The van der Waals surface area contributed by atoms with E-state index in [0.29, 0.717) is 12.1 Å². The van der Waals surface area contributed by atoms with Gasteiger partial charge in [0, 0.05) is 16.6 Å². The summed E-state index contributed by atoms with van der Waals surface area (Å²) in [5.74, 6) is 0. The zero-order valence-electron chi connectivity index (χ0n) is 11.4. The molecule has 0 radical (unpaired) electrons. The fourth-order valence-corrected chi connectivity index (χ4v) is 2.74. The van der Waals surface area contributed by atoms with E-state index in [1.165, 1.54) is 11.1 Å². The Bertz CT molecular complexity index is 510. The summed E-state index contributed by atoms with van der Waals surface area (Å²) in [6.07, 6.45) is 1.05. The molecule has 19 heavy (non-hydrogen) atoms. The van der Waals surface area contributed by atoms with Gasteiger partial charge in [0.05, 0.1) is 0 Å². The van der Waals surface area contributed by atoms with Crippen LogP contribution >= 0.6 is 15.9 Å². The Morgan fingerprint density at radius 2 is 1.74 bits per heavy atom. The molecule has 1 N–H and O–H groups in total. The Morgan fingerprint density at radius 3 is 2.42 bits per heavy atom. The Hall–Kier alpha value is -1.12. The SMILES string of the molecule is CC(Cc1ccccc1)N[C@@H](C)c1cccc(Br)c1. The Balaban J connectivity index is 1.93. The molecule has 0 aliphatic rings. The Labute approximate surface area is 124 Å². The number of hydrogen-bond donors (Lipinski definition) is 1. The topological polar surface area (TPSA) is 12.0 Å². The van der Waals surface area contributed by atoms with Crippen LogP contribution in [-0.2, 0) is 6.42 Å². The standard InChI is InChI=1S/C17H20BrN/c1-13(11-15-7-4-3-5-8-15)19-14(2)16-9-6-10-17(18)12-16/h3-10,12-14,19H,11H2,1-2H3/t13?,14-/m0/s1. The highest BCUT2D eigenvalue weighted by atomic mass is 79.9. The van der Waals surface area contributed by atoms with Gasteiger partial charge in [-0.2, -0.15) is 0 Å². The fourth-order valence-electron chi connectivity index (χ4n) is 2.33. The van der Waals surface area contributed by atoms with Gasteiger partial charge in [-0.3, -0.25) is 0 Å². The van der Waals surface area contributed by atoms with Gasteiger partial charge in [-0.05, 0) is 43.5 Å². The van der Waals surface area contributed by atoms with E-state index in [4.69, 9.17) is 0 Å². The zero-order valence-corrected chi connectivity index (χ0v) is 13.0. The molecule has 0 aliphatic carbocycles. The molecule has 0 bridgehead atoms. The third-order valence-electron chi connectivity index (χ3n) is 3.27. The second-order valence-electron chi connectivity index (χ2n) is 5.03. The van der Waals surface area contributed by atoms with Gasteiger partial charge in [0.15, 0.2) is 0 Å². The van der Waals surface area contributed by atoms with Crippen molar-refractivity contribution in [2.75, 3.05) is 0 Å². The Kier molecular flexibility index (Phi) is 5.17. The molecule has 0 aliphatic heterocycles. The maximum Gasteiger partial charge on any atom is 0.0294 e. The van der Waals surface area contributed by atoms with Crippen LogP contribution in [0.15, 0.2) is 59.1 Å². The third-order valence-corrected chi connectivity index (χ3v) is 3.76. The van der Waals surface area contributed by atoms with E-state index in [-0.39, 0.29) is 0 Å². The second kappa shape index (κ2) is 6.88. The number of halogens is 1. The van der Waals surface area contributed by atoms with E-state index in [1.54, 1.807) is 0 Å². The molecule has 0 fully saturated rings. The first-order chi connectivity index (χ1) is 9.15. The predicted octanol–water partition coefficient (Wildman–Crippen LogP) is 4.73. The molecule has 1 unspecified atom stereocenters. The molecule has 2 heteroatoms. The lowest BCUT2D eigenvalue weighted by atomic mass is 10.0. The zero-order chi connectivity index (χ0) is 13.7. The monoisotopic (exact) mass is 317 g/mol. The first-order valence-corrected chi connectivity index (χ1v) is 7.50. The molecule has 1 nitrogen and oxygen atoms in total. The van der Waals surface area contributed by atoms with Crippen molar-refractivity contribution >= 4 is 15.9 Å². The van der Waals surface area contributed by atoms with Gasteiger partial charge < -0.3 is 5.32 Å². The average molecular weight is 318 g/mol. The molecular weight excluding hydrogens is 298 g/mol. The quantitative estimate of drug-likeness (QED) is 0.840. The Morgan fingerprint density at radius 1 is 1.00 bits per heavy atom. The van der Waals surface area contributed by atoms with Crippen molar-refractivity contribution in [2.45, 2.75) is 32.4 Å². The highest BCUT2D eigenvalue weighted by Crippen LogP contribution is 2.18. The summed E-state index contributed by atoms with van der Waals surface area (Å²) in [5, 5.41) is 3.65. The van der Waals surface area contributed by atoms with E-state index in [2.05, 4.69) is 89.7 Å². The van der Waals surface area contributed by atoms with Gasteiger partial charge in [0.2, 0.25) is 0 Å². The molecule has 0 amide bonds. The highest BCUT2D eigenvalue weighted by molar-refractivity contribution is 9.10. The maximum atomic E-state index is 3.65. The summed E-state index contributed by atoms with van der Waals surface area (Å²) >= 11 is 3.52. The third kappa shape index (κ3) is 4.48. The lowest BCUT2D eigenvalue weighted by Gasteiger charge is -2.20. The molecule has 0 saturated carbocycles. The molecule has 2 rings (SSSR count). The van der Waals surface area contributed by atoms with Gasteiger partial charge in [-0.15, -0.1) is 0 Å². The van der Waals surface area contributed by atoms with Crippen molar-refractivity contribution in [3.63, 3.8) is 0 Å². The van der Waals surface area contributed by atoms with Crippen LogP contribution in [0.1, 0.15) is 31.0 Å². The van der Waals surface area contributed by atoms with Crippen molar-refractivity contribution in [3.05, 3.63) is 70.2 Å². The van der Waals surface area contributed by atoms with E-state index in [0.717, 1.165) is 10.9 Å². The largest absolute Gasteiger partial charge is 0.307 e. The molecule has 0 aromatic heterocycles. The van der Waals surface area contributed by atoms with E-state index in [9.17, 15) is 0 Å². The summed E-state index contributed by atoms with van der Waals surface area (Å²) in [7, 11) is 0. The summed E-state index contributed by atoms with van der Waals surface area (Å²) in [4.78, 5) is 0. The van der Waals surface area contributed by atoms with Crippen LogP contribution in [0.4, 0.5) is 0 Å². The lowest BCUT2D eigenvalue weighted by Crippen LogP contribution is -2.30. The number of benzene rings is 2. The molecule has 2 aromatic rings. The summed E-state index contributed by atoms with van der Waals surface area (Å²) in [6.45, 7) is 4.45. The van der Waals surface area contributed by atoms with Crippen LogP contribution in [-0.4, -0.2) is 6.04 Å². The molecule has 0 spiro atoms. The molecule has 0 heterocycles. The summed E-state index contributed by atoms with van der Waals surface area (Å²) in [6, 6.07) is 19.9. The van der Waals surface area contributed by atoms with Gasteiger partial charge in [0.1, 0.15) is 0 Å². The smallest absolute Gasteiger partial charge is 0.0294 e. The highest BCUT2D eigenvalue weighted by Gasteiger charge is 2.10. The van der Waals surface area contributed by atoms with Crippen LogP contribution in [0.2, 0.25) is 0 Å². The number of nitrogens with one attached hydrogen (secondary N) is 1. The molecule has 2 atom stereocenters. The van der Waals surface area contributed by atoms with Crippen LogP contribution in [0, 0.1) is 0 Å². The van der Waals surface area contributed by atoms with Crippen LogP contribution in [0.5, 0.6) is 0 Å². The summed E-state index contributed by atoms with van der Waals surface area (Å²) in [5.41, 5.74) is 2.69. The second-order valence-corrected chi connectivity index (χ2v) is 5.95. The van der Waals surface area contributed by atoms with Crippen molar-refractivity contribution in [1.82, 2.24) is 5.32 Å². The number of hydrogen-bond acceptors (Lipinski definition) is 1. The fraction of sp³-hybridized carbons (Fsp3) is 0.294. The minimum atomic E-state index is 0.358. The predicted molar refractivity (Wildman–Crippen MR) is 85.3 cm³/mol. The minimum absolute atomic E-state index is 0.358. The maximum absolute atomic E-state index is 3.65. The summed E-state index contributed by atoms with van der Waals surface area (Å²) < 4.78 is 1.13. The van der Waals surface area contributed by atoms with Crippen LogP contribution in [0.25, 0.3) is 0 Å². The minimum Gasteiger partial charge on any atom is -0.307 e. The van der Waals surface area contributed by atoms with Gasteiger partial charge in [-0.1, -0.05) is 58.4 Å². The lowest BCUT2D eigenvalue weighted by molar-refractivity contribution is 0.477. The normalized spacial score (nSPS) is 14.1. The molecular formula is C17H20BrN. The van der Waals surface area contributed by atoms with Crippen molar-refractivity contribution < 1.29 is 0 Å². The van der Waals surface area contributed by atoms with E-state index in [1.807, 2.05) is 0 Å². The van der Waals surface area contributed by atoms with Gasteiger partial charge in [-0.25, -0.2) is 0 Å². The molecule has 2 aromatic carbocycles. The molecule has 0 saturated heterocycles. The van der Waals surface area contributed by atoms with E-state index < -0.39 is 0 Å². The number of rotatable bonds is 5. The van der Waals surface area contributed by atoms with E-state index >= 15 is 0 Å². The van der Waals surface area contributed by atoms with Crippen LogP contribution in [0.3, 0.4) is 0 Å². The average Bonchev–Trinajstić information content (AvgIpc) is 2.39.